The lowest BCUT2D eigenvalue weighted by atomic mass is 10.3. The van der Waals surface area contributed by atoms with E-state index >= 15 is 0 Å². The van der Waals surface area contributed by atoms with E-state index in [4.69, 9.17) is 5.41 Å². The summed E-state index contributed by atoms with van der Waals surface area (Å²) in [6, 6.07) is 0.205. The van der Waals surface area contributed by atoms with Crippen molar-refractivity contribution in [3.63, 3.8) is 0 Å². The molecule has 0 unspecified atom stereocenters. The maximum absolute atomic E-state index is 7.42. The second-order valence-electron chi connectivity index (χ2n) is 2.40. The van der Waals surface area contributed by atoms with E-state index in [1.165, 1.54) is 6.08 Å². The molecule has 0 aromatic rings. The van der Waals surface area contributed by atoms with E-state index < -0.39 is 0 Å². The molecule has 0 bridgehead atoms. The van der Waals surface area contributed by atoms with Crippen LogP contribution in [0, 0.1) is 5.41 Å². The molecule has 0 fully saturated rings. The molecular formula is C8H15N3. The molecule has 0 heterocycles. The first-order valence-corrected chi connectivity index (χ1v) is 3.62. The van der Waals surface area contributed by atoms with Gasteiger partial charge in [0, 0.05) is 12.3 Å². The summed E-state index contributed by atoms with van der Waals surface area (Å²) in [5, 5.41) is 13.0. The third kappa shape index (κ3) is 2.98. The average Bonchev–Trinajstić information content (AvgIpc) is 1.98. The van der Waals surface area contributed by atoms with Crippen LogP contribution in [0.3, 0.4) is 0 Å². The summed E-state index contributed by atoms with van der Waals surface area (Å²) in [5.74, 6) is 0.332. The van der Waals surface area contributed by atoms with Gasteiger partial charge in [-0.05, 0) is 26.8 Å². The van der Waals surface area contributed by atoms with Gasteiger partial charge >= 0.3 is 0 Å². The summed E-state index contributed by atoms with van der Waals surface area (Å²) >= 11 is 0. The van der Waals surface area contributed by atoms with E-state index in [0.29, 0.717) is 5.84 Å². The Bertz CT molecular complexity index is 170. The van der Waals surface area contributed by atoms with Crippen LogP contribution in [0.4, 0.5) is 0 Å². The zero-order valence-electron chi connectivity index (χ0n) is 7.33. The highest BCUT2D eigenvalue weighted by Gasteiger charge is 2.07. The van der Waals surface area contributed by atoms with Gasteiger partial charge in [-0.3, -0.25) is 5.41 Å². The van der Waals surface area contributed by atoms with Crippen LogP contribution in [0.1, 0.15) is 20.8 Å². The molecule has 0 aromatic heterocycles. The van der Waals surface area contributed by atoms with Gasteiger partial charge in [0.2, 0.25) is 0 Å². The van der Waals surface area contributed by atoms with E-state index in [-0.39, 0.29) is 6.04 Å². The maximum atomic E-state index is 7.42. The largest absolute Gasteiger partial charge is 0.283 e. The van der Waals surface area contributed by atoms with Crippen molar-refractivity contribution in [2.24, 2.45) is 5.10 Å². The molecule has 0 saturated carbocycles. The Morgan fingerprint density at radius 2 is 2.18 bits per heavy atom. The second kappa shape index (κ2) is 4.66. The molecule has 3 heteroatoms. The molecule has 0 aliphatic carbocycles. The molecule has 0 spiro atoms. The smallest absolute Gasteiger partial charge is 0.140 e. The van der Waals surface area contributed by atoms with Crippen LogP contribution in [0.2, 0.25) is 0 Å². The number of amidine groups is 1. The lowest BCUT2D eigenvalue weighted by Gasteiger charge is -2.21. The Balaban J connectivity index is 4.33. The van der Waals surface area contributed by atoms with Gasteiger partial charge in [-0.25, -0.2) is 5.01 Å². The van der Waals surface area contributed by atoms with Crippen molar-refractivity contribution in [1.82, 2.24) is 5.01 Å². The second-order valence-corrected chi connectivity index (χ2v) is 2.40. The number of hydrogen-bond acceptors (Lipinski definition) is 2. The van der Waals surface area contributed by atoms with E-state index in [1.54, 1.807) is 11.2 Å². The predicted octanol–water partition coefficient (Wildman–Crippen LogP) is 1.87. The van der Waals surface area contributed by atoms with Gasteiger partial charge in [-0.15, -0.1) is 0 Å². The Morgan fingerprint density at radius 3 is 2.45 bits per heavy atom. The van der Waals surface area contributed by atoms with Crippen molar-refractivity contribution < 1.29 is 0 Å². The summed E-state index contributed by atoms with van der Waals surface area (Å²) < 4.78 is 0. The van der Waals surface area contributed by atoms with Crippen LogP contribution in [0.15, 0.2) is 17.8 Å². The normalized spacial score (nSPS) is 10.5. The van der Waals surface area contributed by atoms with E-state index in [1.807, 2.05) is 20.8 Å². The van der Waals surface area contributed by atoms with Crippen molar-refractivity contribution in [2.75, 3.05) is 0 Å². The highest BCUT2D eigenvalue weighted by atomic mass is 15.5. The molecule has 0 atom stereocenters. The van der Waals surface area contributed by atoms with E-state index in [2.05, 4.69) is 11.7 Å². The highest BCUT2D eigenvalue weighted by molar-refractivity contribution is 5.90. The summed E-state index contributed by atoms with van der Waals surface area (Å²) in [4.78, 5) is 0. The number of rotatable bonds is 3. The van der Waals surface area contributed by atoms with Gasteiger partial charge in [-0.2, -0.15) is 5.10 Å². The molecular weight excluding hydrogens is 138 g/mol. The Kier molecular flexibility index (Phi) is 4.18. The summed E-state index contributed by atoms with van der Waals surface area (Å²) in [5.41, 5.74) is 0. The average molecular weight is 153 g/mol. The summed E-state index contributed by atoms with van der Waals surface area (Å²) in [6.07, 6.45) is 3.14. The van der Waals surface area contributed by atoms with Gasteiger partial charge in [0.05, 0.1) is 0 Å². The molecule has 0 radical (unpaired) electrons. The lowest BCUT2D eigenvalue weighted by molar-refractivity contribution is 0.369. The summed E-state index contributed by atoms with van der Waals surface area (Å²) in [6.45, 7) is 9.29. The van der Waals surface area contributed by atoms with Crippen molar-refractivity contribution in [3.05, 3.63) is 12.7 Å². The van der Waals surface area contributed by atoms with Crippen molar-refractivity contribution in [2.45, 2.75) is 26.8 Å². The fraction of sp³-hybridized carbons (Fsp3) is 0.500. The van der Waals surface area contributed by atoms with Gasteiger partial charge in [-0.1, -0.05) is 6.58 Å². The van der Waals surface area contributed by atoms with Crippen LogP contribution in [0.5, 0.6) is 0 Å². The SMILES string of the molecule is C=CC(=N)N(/N=C\C)C(C)C. The van der Waals surface area contributed by atoms with Gasteiger partial charge in [0.15, 0.2) is 0 Å². The van der Waals surface area contributed by atoms with Crippen molar-refractivity contribution in [1.29, 1.82) is 5.41 Å². The fourth-order valence-corrected chi connectivity index (χ4v) is 0.692. The van der Waals surface area contributed by atoms with Gasteiger partial charge in [0.1, 0.15) is 5.84 Å². The number of nitrogens with one attached hydrogen (secondary N) is 1. The van der Waals surface area contributed by atoms with Gasteiger partial charge < -0.3 is 0 Å². The third-order valence-corrected chi connectivity index (χ3v) is 1.17. The monoisotopic (exact) mass is 153 g/mol. The van der Waals surface area contributed by atoms with Gasteiger partial charge in [0.25, 0.3) is 0 Å². The Morgan fingerprint density at radius 1 is 1.64 bits per heavy atom. The lowest BCUT2D eigenvalue weighted by Crippen LogP contribution is -2.30. The molecule has 0 saturated heterocycles. The fourth-order valence-electron chi connectivity index (χ4n) is 0.692. The minimum Gasteiger partial charge on any atom is -0.283 e. The maximum Gasteiger partial charge on any atom is 0.140 e. The first kappa shape index (κ1) is 9.88. The molecule has 0 aromatic carbocycles. The molecule has 0 rings (SSSR count). The molecule has 11 heavy (non-hydrogen) atoms. The predicted molar refractivity (Wildman–Crippen MR) is 49.1 cm³/mol. The van der Waals surface area contributed by atoms with Crippen LogP contribution in [0.25, 0.3) is 0 Å². The number of nitrogens with zero attached hydrogens (tertiary/aromatic N) is 2. The zero-order valence-corrected chi connectivity index (χ0v) is 7.33. The van der Waals surface area contributed by atoms with Crippen LogP contribution >= 0.6 is 0 Å². The molecule has 1 N–H and O–H groups in total. The first-order chi connectivity index (χ1) is 5.13. The molecule has 0 amide bonds. The molecule has 3 nitrogen and oxygen atoms in total. The molecule has 0 aliphatic rings. The van der Waals surface area contributed by atoms with E-state index in [0.717, 1.165) is 0 Å². The highest BCUT2D eigenvalue weighted by Crippen LogP contribution is 1.99. The van der Waals surface area contributed by atoms with Crippen molar-refractivity contribution >= 4 is 12.1 Å². The quantitative estimate of drug-likeness (QED) is 0.375. The standard InChI is InChI=1S/C8H15N3/c1-5-8(9)11(7(3)4)10-6-2/h5-7,9H,1H2,2-4H3/b9-8?,10-6-. The van der Waals surface area contributed by atoms with Crippen LogP contribution < -0.4 is 0 Å². The minimum atomic E-state index is 0.205. The van der Waals surface area contributed by atoms with Crippen LogP contribution in [-0.4, -0.2) is 23.1 Å². The molecule has 62 valence electrons. The number of hydrazone groups is 1. The minimum absolute atomic E-state index is 0.205. The molecule has 0 aliphatic heterocycles. The zero-order chi connectivity index (χ0) is 8.85. The third-order valence-electron chi connectivity index (χ3n) is 1.17. The Hall–Kier alpha value is -1.12. The van der Waals surface area contributed by atoms with Crippen LogP contribution in [-0.2, 0) is 0 Å². The summed E-state index contributed by atoms with van der Waals surface area (Å²) in [7, 11) is 0. The number of hydrogen-bond donors (Lipinski definition) is 1. The topological polar surface area (TPSA) is 39.5 Å². The van der Waals surface area contributed by atoms with E-state index in [9.17, 15) is 0 Å². The van der Waals surface area contributed by atoms with Crippen molar-refractivity contribution in [3.8, 4) is 0 Å². The Labute approximate surface area is 67.9 Å². The first-order valence-electron chi connectivity index (χ1n) is 3.62.